The van der Waals surface area contributed by atoms with Crippen LogP contribution in [-0.2, 0) is 4.79 Å². The van der Waals surface area contributed by atoms with Crippen molar-refractivity contribution in [3.63, 3.8) is 0 Å². The third-order valence-electron chi connectivity index (χ3n) is 4.33. The van der Waals surface area contributed by atoms with Gasteiger partial charge in [-0.1, -0.05) is 17.4 Å². The molecule has 1 amide bonds. The number of pyridine rings is 2. The van der Waals surface area contributed by atoms with E-state index in [0.717, 1.165) is 38.8 Å². The normalized spacial score (nSPS) is 10.7. The molecule has 0 saturated heterocycles. The van der Waals surface area contributed by atoms with E-state index in [0.29, 0.717) is 10.9 Å². The van der Waals surface area contributed by atoms with Gasteiger partial charge in [0.1, 0.15) is 11.4 Å². The van der Waals surface area contributed by atoms with E-state index in [2.05, 4.69) is 15.0 Å². The third-order valence-corrected chi connectivity index (χ3v) is 5.26. The first-order valence-corrected chi connectivity index (χ1v) is 9.99. The van der Waals surface area contributed by atoms with Gasteiger partial charge in [-0.2, -0.15) is 0 Å². The lowest BCUT2D eigenvalue weighted by atomic mass is 10.1. The first-order valence-electron chi connectivity index (χ1n) is 9.18. The molecule has 4 rings (SSSR count). The van der Waals surface area contributed by atoms with Crippen LogP contribution >= 0.6 is 11.3 Å². The van der Waals surface area contributed by atoms with Crippen molar-refractivity contribution < 1.29 is 9.53 Å². The molecule has 4 aromatic rings. The minimum absolute atomic E-state index is 0.157. The van der Waals surface area contributed by atoms with E-state index in [1.54, 1.807) is 18.3 Å². The lowest BCUT2D eigenvalue weighted by Gasteiger charge is -2.07. The highest BCUT2D eigenvalue weighted by molar-refractivity contribution is 7.19. The number of carbonyl (C=O) groups excluding carboxylic acids is 1. The summed E-state index contributed by atoms with van der Waals surface area (Å²) in [5, 5.41) is 0.484. The number of amides is 1. The van der Waals surface area contributed by atoms with Crippen LogP contribution in [0.5, 0.6) is 5.75 Å². The number of hydrogen-bond acceptors (Lipinski definition) is 7. The summed E-state index contributed by atoms with van der Waals surface area (Å²) < 4.78 is 5.31. The van der Waals surface area contributed by atoms with Crippen molar-refractivity contribution >= 4 is 22.4 Å². The average Bonchev–Trinajstić information content (AvgIpc) is 3.14. The quantitative estimate of drug-likeness (QED) is 0.494. The van der Waals surface area contributed by atoms with Crippen LogP contribution < -0.4 is 16.2 Å². The number of thiazole rings is 1. The molecule has 3 heterocycles. The number of aryl methyl sites for hydroxylation is 1. The zero-order valence-corrected chi connectivity index (χ0v) is 17.0. The first-order chi connectivity index (χ1) is 14.5. The van der Waals surface area contributed by atoms with Gasteiger partial charge in [0.25, 0.3) is 5.91 Å². The van der Waals surface area contributed by atoms with Crippen molar-refractivity contribution in [2.24, 2.45) is 5.73 Å². The van der Waals surface area contributed by atoms with E-state index in [4.69, 9.17) is 16.2 Å². The number of anilines is 1. The van der Waals surface area contributed by atoms with Gasteiger partial charge < -0.3 is 16.2 Å². The van der Waals surface area contributed by atoms with Crippen molar-refractivity contribution in [3.05, 3.63) is 66.5 Å². The Morgan fingerprint density at radius 2 is 1.83 bits per heavy atom. The summed E-state index contributed by atoms with van der Waals surface area (Å²) >= 11 is 1.42. The summed E-state index contributed by atoms with van der Waals surface area (Å²) in [6.45, 7) is 1.79. The molecule has 0 unspecified atom stereocenters. The molecule has 0 atom stereocenters. The van der Waals surface area contributed by atoms with E-state index in [1.807, 2.05) is 49.4 Å². The van der Waals surface area contributed by atoms with E-state index in [9.17, 15) is 4.79 Å². The molecule has 4 N–H and O–H groups in total. The molecule has 0 bridgehead atoms. The van der Waals surface area contributed by atoms with Crippen LogP contribution in [0.15, 0.2) is 60.8 Å². The molecule has 0 aliphatic heterocycles. The summed E-state index contributed by atoms with van der Waals surface area (Å²) in [5.74, 6) is 0.0490. The number of ether oxygens (including phenoxy) is 1. The maximum atomic E-state index is 10.9. The van der Waals surface area contributed by atoms with Gasteiger partial charge in [-0.3, -0.25) is 14.8 Å². The lowest BCUT2D eigenvalue weighted by molar-refractivity contribution is -0.119. The molecule has 0 fully saturated rings. The number of rotatable bonds is 6. The molecule has 3 aromatic heterocycles. The highest BCUT2D eigenvalue weighted by atomic mass is 32.1. The van der Waals surface area contributed by atoms with E-state index < -0.39 is 5.91 Å². The fourth-order valence-electron chi connectivity index (χ4n) is 2.99. The molecule has 7 nitrogen and oxygen atoms in total. The monoisotopic (exact) mass is 417 g/mol. The van der Waals surface area contributed by atoms with Gasteiger partial charge in [-0.05, 0) is 61.0 Å². The number of aromatic nitrogens is 3. The topological polar surface area (TPSA) is 117 Å². The van der Waals surface area contributed by atoms with Crippen LogP contribution in [0.25, 0.3) is 33.1 Å². The van der Waals surface area contributed by atoms with Crippen LogP contribution in [0.1, 0.15) is 5.69 Å². The van der Waals surface area contributed by atoms with Gasteiger partial charge >= 0.3 is 0 Å². The summed E-state index contributed by atoms with van der Waals surface area (Å²) in [5.41, 5.74) is 16.3. The maximum Gasteiger partial charge on any atom is 0.255 e. The van der Waals surface area contributed by atoms with Crippen molar-refractivity contribution in [3.8, 4) is 38.8 Å². The van der Waals surface area contributed by atoms with Crippen LogP contribution in [0.3, 0.4) is 0 Å². The molecular weight excluding hydrogens is 398 g/mol. The molecule has 150 valence electrons. The Labute approximate surface area is 177 Å². The van der Waals surface area contributed by atoms with Crippen LogP contribution in [0.2, 0.25) is 0 Å². The predicted molar refractivity (Wildman–Crippen MR) is 118 cm³/mol. The number of hydrogen-bond donors (Lipinski definition) is 2. The molecule has 0 radical (unpaired) electrons. The lowest BCUT2D eigenvalue weighted by Crippen LogP contribution is -2.19. The van der Waals surface area contributed by atoms with Gasteiger partial charge in [0.2, 0.25) is 0 Å². The Balaban J connectivity index is 1.67. The first kappa shape index (κ1) is 19.5. The SMILES string of the molecule is Cc1cccc(-c2nc(N)sc2-c2ccnc(-c3ccc(OCC(N)=O)cc3)c2)n1. The number of benzene rings is 1. The highest BCUT2D eigenvalue weighted by Crippen LogP contribution is 2.38. The van der Waals surface area contributed by atoms with E-state index in [1.165, 1.54) is 11.3 Å². The Morgan fingerprint density at radius 1 is 1.03 bits per heavy atom. The highest BCUT2D eigenvalue weighted by Gasteiger charge is 2.16. The molecule has 0 aliphatic carbocycles. The van der Waals surface area contributed by atoms with Crippen molar-refractivity contribution in [2.45, 2.75) is 6.92 Å². The summed E-state index contributed by atoms with van der Waals surface area (Å²) in [4.78, 5) is 25.4. The Bertz CT molecular complexity index is 1200. The average molecular weight is 417 g/mol. The second-order valence-corrected chi connectivity index (χ2v) is 7.63. The molecule has 1 aromatic carbocycles. The number of nitrogens with zero attached hydrogens (tertiary/aromatic N) is 3. The van der Waals surface area contributed by atoms with Gasteiger partial charge in [-0.25, -0.2) is 4.98 Å². The molecule has 0 aliphatic rings. The third kappa shape index (κ3) is 4.28. The Kier molecular flexibility index (Phi) is 5.40. The molecular formula is C22H19N5O2S. The van der Waals surface area contributed by atoms with Gasteiger partial charge in [0.15, 0.2) is 11.7 Å². The predicted octanol–water partition coefficient (Wildman–Crippen LogP) is 3.69. The summed E-state index contributed by atoms with van der Waals surface area (Å²) in [6, 6.07) is 17.1. The van der Waals surface area contributed by atoms with Crippen molar-refractivity contribution in [2.75, 3.05) is 12.3 Å². The molecule has 0 saturated carbocycles. The minimum Gasteiger partial charge on any atom is -0.484 e. The molecule has 0 spiro atoms. The Hall–Kier alpha value is -3.78. The van der Waals surface area contributed by atoms with Crippen LogP contribution in [0.4, 0.5) is 5.13 Å². The van der Waals surface area contributed by atoms with Gasteiger partial charge in [0.05, 0.1) is 16.3 Å². The smallest absolute Gasteiger partial charge is 0.255 e. The second-order valence-electron chi connectivity index (χ2n) is 6.60. The number of primary amides is 1. The van der Waals surface area contributed by atoms with Gasteiger partial charge in [0, 0.05) is 17.5 Å². The fourth-order valence-corrected chi connectivity index (χ4v) is 3.82. The van der Waals surface area contributed by atoms with Crippen LogP contribution in [-0.4, -0.2) is 27.5 Å². The van der Waals surface area contributed by atoms with E-state index >= 15 is 0 Å². The zero-order valence-electron chi connectivity index (χ0n) is 16.2. The van der Waals surface area contributed by atoms with Crippen molar-refractivity contribution in [1.82, 2.24) is 15.0 Å². The zero-order chi connectivity index (χ0) is 21.1. The van der Waals surface area contributed by atoms with Crippen molar-refractivity contribution in [1.29, 1.82) is 0 Å². The summed E-state index contributed by atoms with van der Waals surface area (Å²) in [7, 11) is 0. The number of nitrogen functional groups attached to an aromatic ring is 1. The standard InChI is InChI=1S/C22H19N5O2S/c1-13-3-2-4-17(26-13)20-21(30-22(24)27-20)15-9-10-25-18(11-15)14-5-7-16(8-6-14)29-12-19(23)28/h2-11H,12H2,1H3,(H2,23,28)(H2,24,27). The van der Waals surface area contributed by atoms with E-state index in [-0.39, 0.29) is 6.61 Å². The maximum absolute atomic E-state index is 10.9. The van der Waals surface area contributed by atoms with Gasteiger partial charge in [-0.15, -0.1) is 0 Å². The van der Waals surface area contributed by atoms with Crippen LogP contribution in [0, 0.1) is 6.92 Å². The number of nitrogens with two attached hydrogens (primary N) is 2. The molecule has 30 heavy (non-hydrogen) atoms. The Morgan fingerprint density at radius 3 is 2.57 bits per heavy atom. The second kappa shape index (κ2) is 8.30. The molecule has 8 heteroatoms. The summed E-state index contributed by atoms with van der Waals surface area (Å²) in [6.07, 6.45) is 1.76. The largest absolute Gasteiger partial charge is 0.484 e. The fraction of sp³-hybridized carbons (Fsp3) is 0.0909. The minimum atomic E-state index is -0.517. The number of carbonyl (C=O) groups is 1.